The molecule has 0 aliphatic heterocycles. The molecule has 0 fully saturated rings. The van der Waals surface area contributed by atoms with Crippen LogP contribution >= 0.6 is 0 Å². The summed E-state index contributed by atoms with van der Waals surface area (Å²) in [4.78, 5) is 0. The molecule has 0 radical (unpaired) electrons. The molecule has 168 valence electrons. The van der Waals surface area contributed by atoms with Crippen molar-refractivity contribution in [2.45, 2.75) is 41.5 Å². The van der Waals surface area contributed by atoms with Crippen molar-refractivity contribution in [3.05, 3.63) is 112 Å². The van der Waals surface area contributed by atoms with Crippen molar-refractivity contribution < 1.29 is 51.4 Å². The van der Waals surface area contributed by atoms with Crippen molar-refractivity contribution >= 4 is 53.6 Å². The molecule has 0 unspecified atom stereocenters. The van der Waals surface area contributed by atoms with E-state index in [0.29, 0.717) is 0 Å². The van der Waals surface area contributed by atoms with E-state index in [-0.39, 0.29) is 51.4 Å². The standard InChI is InChI=1S/C32H31Si2.K/c1-20-15-22(3)30(23(4)16-20)33-34(31-24(5)17-21(2)18-25(31)6)32-28-13-9-7-11-26(28)19-27-12-8-10-14-29(27)32;/h7-19H,1-6H3;/q-1;+1. The van der Waals surface area contributed by atoms with Crippen LogP contribution in [0.4, 0.5) is 0 Å². The summed E-state index contributed by atoms with van der Waals surface area (Å²) in [6.07, 6.45) is 0. The van der Waals surface area contributed by atoms with Crippen molar-refractivity contribution in [3.8, 4) is 0 Å². The molecule has 5 rings (SSSR count). The van der Waals surface area contributed by atoms with Gasteiger partial charge in [0.15, 0.2) is 0 Å². The van der Waals surface area contributed by atoms with Crippen molar-refractivity contribution in [2.24, 2.45) is 0 Å². The summed E-state index contributed by atoms with van der Waals surface area (Å²) in [6.45, 7) is 13.7. The van der Waals surface area contributed by atoms with Gasteiger partial charge in [-0.2, -0.15) is 0 Å². The van der Waals surface area contributed by atoms with Crippen LogP contribution in [0.2, 0.25) is 0 Å². The number of hydrogen-bond acceptors (Lipinski definition) is 0. The monoisotopic (exact) mass is 510 g/mol. The molecular weight excluding hydrogens is 480 g/mol. The summed E-state index contributed by atoms with van der Waals surface area (Å²) in [6, 6.07) is 29.9. The van der Waals surface area contributed by atoms with Gasteiger partial charge in [0.1, 0.15) is 0 Å². The predicted octanol–water partition coefficient (Wildman–Crippen LogP) is 2.98. The summed E-state index contributed by atoms with van der Waals surface area (Å²) in [7, 11) is -0.345. The molecular formula is C32H31KSi2. The molecule has 0 N–H and O–H groups in total. The van der Waals surface area contributed by atoms with Crippen LogP contribution in [-0.4, -0.2) is 16.5 Å². The van der Waals surface area contributed by atoms with Crippen LogP contribution < -0.4 is 66.9 Å². The summed E-state index contributed by atoms with van der Waals surface area (Å²) < 4.78 is 0. The number of benzene rings is 5. The van der Waals surface area contributed by atoms with Crippen LogP contribution in [0.1, 0.15) is 33.4 Å². The Balaban J connectivity index is 0.00000289. The van der Waals surface area contributed by atoms with E-state index in [1.165, 1.54) is 54.9 Å². The largest absolute Gasteiger partial charge is 1.00 e. The van der Waals surface area contributed by atoms with Crippen LogP contribution in [-0.2, 0) is 0 Å². The number of aryl methyl sites for hydroxylation is 6. The van der Waals surface area contributed by atoms with E-state index >= 15 is 0 Å². The van der Waals surface area contributed by atoms with E-state index in [1.54, 1.807) is 15.6 Å². The van der Waals surface area contributed by atoms with Crippen LogP contribution in [0.5, 0.6) is 0 Å². The fourth-order valence-electron chi connectivity index (χ4n) is 5.61. The van der Waals surface area contributed by atoms with Gasteiger partial charge in [-0.1, -0.05) is 117 Å². The van der Waals surface area contributed by atoms with Gasteiger partial charge in [0, 0.05) is 0 Å². The quantitative estimate of drug-likeness (QED) is 0.259. The normalized spacial score (nSPS) is 11.7. The number of rotatable bonds is 3. The molecule has 3 heteroatoms. The van der Waals surface area contributed by atoms with Crippen molar-refractivity contribution in [1.82, 2.24) is 0 Å². The van der Waals surface area contributed by atoms with Gasteiger partial charge in [-0.25, -0.2) is 5.19 Å². The van der Waals surface area contributed by atoms with Gasteiger partial charge in [-0.3, -0.25) is 0 Å². The third kappa shape index (κ3) is 5.24. The van der Waals surface area contributed by atoms with Crippen LogP contribution in [0.15, 0.2) is 78.9 Å². The molecule has 0 aliphatic carbocycles. The Hall–Kier alpha value is -1.31. The van der Waals surface area contributed by atoms with E-state index < -0.39 is 7.89 Å². The van der Waals surface area contributed by atoms with Crippen LogP contribution in [0.25, 0.3) is 21.5 Å². The fourth-order valence-corrected chi connectivity index (χ4v) is 13.5. The van der Waals surface area contributed by atoms with E-state index in [4.69, 9.17) is 0 Å². The summed E-state index contributed by atoms with van der Waals surface area (Å²) in [5.74, 6) is 0. The third-order valence-corrected chi connectivity index (χ3v) is 13.5. The Bertz CT molecular complexity index is 1510. The average Bonchev–Trinajstić information content (AvgIpc) is 2.78. The van der Waals surface area contributed by atoms with Crippen LogP contribution in [0.3, 0.4) is 0 Å². The van der Waals surface area contributed by atoms with Gasteiger partial charge >= 0.3 is 51.4 Å². The zero-order chi connectivity index (χ0) is 24.0. The van der Waals surface area contributed by atoms with E-state index in [2.05, 4.69) is 120 Å². The van der Waals surface area contributed by atoms with Crippen LogP contribution in [0, 0.1) is 41.5 Å². The average molecular weight is 511 g/mol. The second-order valence-electron chi connectivity index (χ2n) is 9.74. The summed E-state index contributed by atoms with van der Waals surface area (Å²) >= 11 is 0. The molecule has 0 aromatic heterocycles. The molecule has 0 spiro atoms. The summed E-state index contributed by atoms with van der Waals surface area (Å²) in [5, 5.41) is 10.3. The second-order valence-corrected chi connectivity index (χ2v) is 14.5. The zero-order valence-electron chi connectivity index (χ0n) is 22.0. The van der Waals surface area contributed by atoms with Gasteiger partial charge in [-0.15, -0.1) is 7.89 Å². The maximum absolute atomic E-state index is 2.39. The minimum atomic E-state index is -1.11. The Morgan fingerprint density at radius 2 is 0.943 bits per heavy atom. The van der Waals surface area contributed by atoms with Gasteiger partial charge in [0.05, 0.1) is 0 Å². The van der Waals surface area contributed by atoms with E-state index in [1.807, 2.05) is 0 Å². The van der Waals surface area contributed by atoms with Crippen molar-refractivity contribution in [1.29, 1.82) is 0 Å². The molecule has 0 nitrogen and oxygen atoms in total. The van der Waals surface area contributed by atoms with Gasteiger partial charge in [0.25, 0.3) is 0 Å². The molecule has 5 aromatic carbocycles. The van der Waals surface area contributed by atoms with E-state index in [9.17, 15) is 0 Å². The third-order valence-electron chi connectivity index (χ3n) is 6.88. The molecule has 0 saturated heterocycles. The Morgan fingerprint density at radius 3 is 1.43 bits per heavy atom. The molecule has 0 atom stereocenters. The first kappa shape index (κ1) is 26.7. The minimum Gasteiger partial charge on any atom is -0.408 e. The number of fused-ring (bicyclic) bond motifs is 2. The van der Waals surface area contributed by atoms with Crippen molar-refractivity contribution in [2.75, 3.05) is 0 Å². The Morgan fingerprint density at radius 1 is 0.514 bits per heavy atom. The molecule has 0 saturated carbocycles. The maximum atomic E-state index is 2.39. The van der Waals surface area contributed by atoms with E-state index in [0.717, 1.165) is 8.61 Å². The number of hydrogen-bond donors (Lipinski definition) is 0. The zero-order valence-corrected chi connectivity index (χ0v) is 27.1. The first-order valence-electron chi connectivity index (χ1n) is 12.0. The van der Waals surface area contributed by atoms with Gasteiger partial charge in [0.2, 0.25) is 0 Å². The minimum absolute atomic E-state index is 0. The molecule has 0 aliphatic rings. The van der Waals surface area contributed by atoms with Gasteiger partial charge < -0.3 is 8.61 Å². The summed E-state index contributed by atoms with van der Waals surface area (Å²) in [5.41, 5.74) is 8.47. The molecule has 0 heterocycles. The molecule has 0 bridgehead atoms. The Kier molecular flexibility index (Phi) is 8.39. The maximum Gasteiger partial charge on any atom is 1.00 e. The van der Waals surface area contributed by atoms with Gasteiger partial charge in [-0.05, 0) is 69.2 Å². The topological polar surface area (TPSA) is 0 Å². The fraction of sp³-hybridized carbons (Fsp3) is 0.188. The Labute approximate surface area is 256 Å². The molecule has 0 amide bonds. The molecule has 5 aromatic rings. The van der Waals surface area contributed by atoms with Crippen molar-refractivity contribution in [3.63, 3.8) is 0 Å². The SMILES string of the molecule is Cc1cc(C)c([Si-]=[Si](c2c(C)cc(C)cc2C)c2c3ccccc3cc3ccccc23)c(C)c1.[K+]. The first-order chi connectivity index (χ1) is 16.3. The second kappa shape index (κ2) is 11.0. The first-order valence-corrected chi connectivity index (χ1v) is 15.5. The predicted molar refractivity (Wildman–Crippen MR) is 153 cm³/mol. The molecule has 35 heavy (non-hydrogen) atoms. The smallest absolute Gasteiger partial charge is 0.408 e.